The maximum Gasteiger partial charge on any atom is 2.00 e. The van der Waals surface area contributed by atoms with Crippen molar-refractivity contribution < 1.29 is 25.8 Å². The SMILES string of the molecule is CCCCCC(C)c1ccc2c(c1)c1ccc(Oc3[c-]c(-n4nc(C)c(-c5ccccc5)c4C)cc(CCC(C)C)c3)[c-]c1n2-c1cc(C)ccn1.[Pt+2]. The summed E-state index contributed by atoms with van der Waals surface area (Å²) in [4.78, 5) is 4.82. The van der Waals surface area contributed by atoms with Gasteiger partial charge in [0, 0.05) is 34.5 Å². The van der Waals surface area contributed by atoms with Gasteiger partial charge in [0.25, 0.3) is 0 Å². The Morgan fingerprint density at radius 2 is 1.60 bits per heavy atom. The quantitative estimate of drug-likeness (QED) is 0.0856. The second-order valence-electron chi connectivity index (χ2n) is 14.9. The molecular formula is C47H50N4OPt. The number of rotatable bonds is 13. The van der Waals surface area contributed by atoms with E-state index in [1.165, 1.54) is 42.2 Å². The van der Waals surface area contributed by atoms with Crippen molar-refractivity contribution in [3.05, 3.63) is 131 Å². The molecule has 0 saturated heterocycles. The van der Waals surface area contributed by atoms with Gasteiger partial charge in [-0.05, 0) is 91.4 Å². The van der Waals surface area contributed by atoms with Gasteiger partial charge in [0.05, 0.1) is 5.69 Å². The van der Waals surface area contributed by atoms with Gasteiger partial charge in [0.15, 0.2) is 0 Å². The van der Waals surface area contributed by atoms with Gasteiger partial charge in [-0.1, -0.05) is 101 Å². The van der Waals surface area contributed by atoms with Gasteiger partial charge in [-0.15, -0.1) is 35.7 Å². The van der Waals surface area contributed by atoms with Crippen LogP contribution in [0.5, 0.6) is 11.5 Å². The van der Waals surface area contributed by atoms with Gasteiger partial charge in [-0.25, -0.2) is 4.98 Å². The number of aryl methyl sites for hydroxylation is 3. The first-order chi connectivity index (χ1) is 25.2. The van der Waals surface area contributed by atoms with E-state index in [0.717, 1.165) is 68.8 Å². The molecule has 1 atom stereocenters. The Kier molecular flexibility index (Phi) is 12.0. The largest absolute Gasteiger partial charge is 2.00 e. The van der Waals surface area contributed by atoms with Crippen molar-refractivity contribution in [1.29, 1.82) is 0 Å². The molecule has 7 aromatic rings. The number of benzene rings is 4. The Hall–Kier alpha value is -4.47. The van der Waals surface area contributed by atoms with Crippen LogP contribution in [0.15, 0.2) is 91.1 Å². The van der Waals surface area contributed by atoms with E-state index in [0.29, 0.717) is 23.3 Å². The molecule has 6 heteroatoms. The van der Waals surface area contributed by atoms with E-state index in [9.17, 15) is 0 Å². The molecule has 1 unspecified atom stereocenters. The maximum atomic E-state index is 6.70. The minimum atomic E-state index is 0. The summed E-state index contributed by atoms with van der Waals surface area (Å²) in [5.41, 5.74) is 11.1. The third kappa shape index (κ3) is 8.21. The molecule has 0 N–H and O–H groups in total. The summed E-state index contributed by atoms with van der Waals surface area (Å²) >= 11 is 0. The van der Waals surface area contributed by atoms with Gasteiger partial charge in [-0.3, -0.25) is 4.68 Å². The molecule has 0 aliphatic carbocycles. The molecule has 0 fully saturated rings. The monoisotopic (exact) mass is 881 g/mol. The van der Waals surface area contributed by atoms with Crippen LogP contribution in [0.25, 0.3) is 44.4 Å². The topological polar surface area (TPSA) is 44.9 Å². The molecule has 0 saturated carbocycles. The minimum Gasteiger partial charge on any atom is -0.509 e. The Morgan fingerprint density at radius 1 is 0.792 bits per heavy atom. The first-order valence-corrected chi connectivity index (χ1v) is 19.0. The minimum absolute atomic E-state index is 0. The Balaban J connectivity index is 0.00000481. The maximum absolute atomic E-state index is 6.70. The van der Waals surface area contributed by atoms with Gasteiger partial charge in [0.1, 0.15) is 5.82 Å². The van der Waals surface area contributed by atoms with Crippen LogP contribution in [-0.2, 0) is 27.5 Å². The molecule has 3 aromatic heterocycles. The van der Waals surface area contributed by atoms with Crippen LogP contribution in [0.4, 0.5) is 0 Å². The molecule has 4 aromatic carbocycles. The smallest absolute Gasteiger partial charge is 0.509 e. The zero-order chi connectivity index (χ0) is 36.4. The van der Waals surface area contributed by atoms with Crippen molar-refractivity contribution in [2.24, 2.45) is 5.92 Å². The number of hydrogen-bond donors (Lipinski definition) is 0. The van der Waals surface area contributed by atoms with Gasteiger partial charge in [-0.2, -0.15) is 16.7 Å². The van der Waals surface area contributed by atoms with Gasteiger partial charge in [0.2, 0.25) is 0 Å². The molecule has 274 valence electrons. The molecule has 7 rings (SSSR count). The first-order valence-electron chi connectivity index (χ1n) is 19.0. The predicted molar refractivity (Wildman–Crippen MR) is 215 cm³/mol. The summed E-state index contributed by atoms with van der Waals surface area (Å²) < 4.78 is 10.9. The van der Waals surface area contributed by atoms with Crippen LogP contribution in [-0.4, -0.2) is 19.3 Å². The second-order valence-corrected chi connectivity index (χ2v) is 14.9. The third-order valence-electron chi connectivity index (χ3n) is 10.3. The molecule has 0 amide bonds. The van der Waals surface area contributed by atoms with Crippen LogP contribution in [0.2, 0.25) is 0 Å². The van der Waals surface area contributed by atoms with Crippen molar-refractivity contribution in [1.82, 2.24) is 19.3 Å². The van der Waals surface area contributed by atoms with Crippen LogP contribution in [0.3, 0.4) is 0 Å². The number of pyridine rings is 1. The Morgan fingerprint density at radius 3 is 2.36 bits per heavy atom. The van der Waals surface area contributed by atoms with Crippen LogP contribution in [0.1, 0.15) is 93.8 Å². The zero-order valence-corrected chi connectivity index (χ0v) is 34.3. The Bertz CT molecular complexity index is 2340. The fourth-order valence-electron chi connectivity index (χ4n) is 7.43. The summed E-state index contributed by atoms with van der Waals surface area (Å²) in [7, 11) is 0. The van der Waals surface area contributed by atoms with Crippen molar-refractivity contribution in [3.63, 3.8) is 0 Å². The van der Waals surface area contributed by atoms with E-state index >= 15 is 0 Å². The summed E-state index contributed by atoms with van der Waals surface area (Å²) in [5.74, 6) is 3.25. The fraction of sp³-hybridized carbons (Fsp3) is 0.319. The van der Waals surface area contributed by atoms with Gasteiger partial charge >= 0.3 is 21.1 Å². The number of nitrogens with zero attached hydrogens (tertiary/aromatic N) is 4. The Labute approximate surface area is 329 Å². The average molecular weight is 882 g/mol. The van der Waals surface area contributed by atoms with E-state index in [2.05, 4.69) is 132 Å². The van der Waals surface area contributed by atoms with E-state index in [1.54, 1.807) is 0 Å². The average Bonchev–Trinajstić information content (AvgIpc) is 3.62. The molecule has 5 nitrogen and oxygen atoms in total. The third-order valence-corrected chi connectivity index (χ3v) is 10.3. The first kappa shape index (κ1) is 38.3. The molecule has 0 aliphatic rings. The van der Waals surface area contributed by atoms with Crippen molar-refractivity contribution in [2.75, 3.05) is 0 Å². The molecular weight excluding hydrogens is 832 g/mol. The second kappa shape index (κ2) is 16.7. The van der Waals surface area contributed by atoms with Gasteiger partial charge < -0.3 is 9.30 Å². The number of ether oxygens (including phenoxy) is 1. The van der Waals surface area contributed by atoms with E-state index in [1.807, 2.05) is 29.1 Å². The number of unbranched alkanes of at least 4 members (excludes halogenated alkanes) is 2. The zero-order valence-electron chi connectivity index (χ0n) is 32.1. The predicted octanol–water partition coefficient (Wildman–Crippen LogP) is 12.6. The van der Waals surface area contributed by atoms with E-state index in [4.69, 9.17) is 14.8 Å². The summed E-state index contributed by atoms with van der Waals surface area (Å²) in [6.07, 6.45) is 8.87. The number of hydrogen-bond acceptors (Lipinski definition) is 3. The summed E-state index contributed by atoms with van der Waals surface area (Å²) in [6.45, 7) is 15.5. The molecule has 53 heavy (non-hydrogen) atoms. The number of aromatic nitrogens is 4. The van der Waals surface area contributed by atoms with Crippen LogP contribution in [0, 0.1) is 38.8 Å². The molecule has 0 aliphatic heterocycles. The summed E-state index contributed by atoms with van der Waals surface area (Å²) in [6, 6.07) is 37.4. The fourth-order valence-corrected chi connectivity index (χ4v) is 7.43. The number of fused-ring (bicyclic) bond motifs is 3. The normalized spacial score (nSPS) is 12.1. The van der Waals surface area contributed by atoms with E-state index < -0.39 is 0 Å². The molecule has 0 bridgehead atoms. The molecule has 3 heterocycles. The molecule has 0 radical (unpaired) electrons. The van der Waals surface area contributed by atoms with Crippen molar-refractivity contribution in [2.45, 2.75) is 92.9 Å². The van der Waals surface area contributed by atoms with Crippen LogP contribution >= 0.6 is 0 Å². The van der Waals surface area contributed by atoms with Crippen molar-refractivity contribution >= 4 is 21.8 Å². The molecule has 0 spiro atoms. The van der Waals surface area contributed by atoms with E-state index in [-0.39, 0.29) is 21.1 Å². The van der Waals surface area contributed by atoms with Crippen molar-refractivity contribution in [3.8, 4) is 34.1 Å². The summed E-state index contributed by atoms with van der Waals surface area (Å²) in [5, 5.41) is 7.36. The standard InChI is InChI=1S/C47H50N4O.Pt/c1-8-9-11-14-33(5)38-19-22-44-43(28-38)42-21-20-40(30-45(42)50(44)46-25-32(4)23-24-48-46)52-41-27-36(18-17-31(2)3)26-39(29-41)51-35(7)47(34(6)49-51)37-15-12-10-13-16-37;/h10,12-13,15-16,19-28,31,33H,8-9,11,14,17-18H2,1-7H3;/q-2;+2. The van der Waals surface area contributed by atoms with Crippen LogP contribution < -0.4 is 4.74 Å².